The Morgan fingerprint density at radius 2 is 1.94 bits per heavy atom. The molecule has 0 aliphatic heterocycles. The fraction of sp³-hybridized carbons (Fsp3) is 0.154. The van der Waals surface area contributed by atoms with Gasteiger partial charge in [-0.25, -0.2) is 8.78 Å². The fourth-order valence-corrected chi connectivity index (χ4v) is 1.51. The number of pyridine rings is 1. The van der Waals surface area contributed by atoms with Gasteiger partial charge in [0.05, 0.1) is 13.3 Å². The van der Waals surface area contributed by atoms with E-state index < -0.39 is 13.3 Å². The summed E-state index contributed by atoms with van der Waals surface area (Å²) in [6, 6.07) is 11.4. The monoisotopic (exact) mass is 411 g/mol. The predicted molar refractivity (Wildman–Crippen MR) is 58.1 cm³/mol. The number of halogens is 2. The summed E-state index contributed by atoms with van der Waals surface area (Å²) in [7, 11) is 0. The van der Waals surface area contributed by atoms with Crippen molar-refractivity contribution < 1.29 is 28.9 Å². The molecule has 1 nitrogen and oxygen atoms in total. The molecule has 0 saturated heterocycles. The summed E-state index contributed by atoms with van der Waals surface area (Å²) >= 11 is 0. The van der Waals surface area contributed by atoms with E-state index in [-0.39, 0.29) is 20.1 Å². The van der Waals surface area contributed by atoms with Crippen LogP contribution in [0.2, 0.25) is 0 Å². The zero-order valence-corrected chi connectivity index (χ0v) is 11.3. The maximum atomic E-state index is 12.6. The second-order valence-corrected chi connectivity index (χ2v) is 3.41. The Morgan fingerprint density at radius 3 is 2.53 bits per heavy atom. The zero-order chi connectivity index (χ0) is 11.4. The molecule has 0 spiro atoms. The second kappa shape index (κ2) is 6.57. The first-order chi connectivity index (χ1) is 7.83. The van der Waals surface area contributed by atoms with E-state index >= 15 is 0 Å². The number of rotatable bonds is 3. The predicted octanol–water partition coefficient (Wildman–Crippen LogP) is 3.49. The van der Waals surface area contributed by atoms with Crippen LogP contribution in [0.5, 0.6) is 0 Å². The third-order valence-electron chi connectivity index (χ3n) is 2.22. The zero-order valence-electron chi connectivity index (χ0n) is 8.91. The summed E-state index contributed by atoms with van der Waals surface area (Å²) in [5, 5.41) is 0. The van der Waals surface area contributed by atoms with Gasteiger partial charge < -0.3 is 4.98 Å². The number of alkyl halides is 2. The average molecular weight is 410 g/mol. The van der Waals surface area contributed by atoms with E-state index in [1.807, 2.05) is 6.07 Å². The molecule has 1 heterocycles. The van der Waals surface area contributed by atoms with Crippen LogP contribution in [-0.4, -0.2) is 4.98 Å². The van der Waals surface area contributed by atoms with Gasteiger partial charge in [-0.3, -0.25) is 0 Å². The van der Waals surface area contributed by atoms with Crippen molar-refractivity contribution in [3.05, 3.63) is 53.7 Å². The van der Waals surface area contributed by atoms with Gasteiger partial charge in [-0.05, 0) is 11.8 Å². The topological polar surface area (TPSA) is 12.9 Å². The van der Waals surface area contributed by atoms with Crippen molar-refractivity contribution in [2.45, 2.75) is 13.3 Å². The summed E-state index contributed by atoms with van der Waals surface area (Å²) in [6.07, 6.45) is 1.64. The number of hydrogen-bond donors (Lipinski definition) is 0. The summed E-state index contributed by atoms with van der Waals surface area (Å²) in [5.41, 5.74) is 2.11. The van der Waals surface area contributed by atoms with Gasteiger partial charge in [0.1, 0.15) is 0 Å². The molecular formula is C13H10F2IrN-. The molecule has 2 rings (SSSR count). The molecule has 1 aromatic carbocycles. The van der Waals surface area contributed by atoms with E-state index in [9.17, 15) is 8.78 Å². The van der Waals surface area contributed by atoms with E-state index in [1.54, 1.807) is 24.4 Å². The Labute approximate surface area is 112 Å². The Balaban J connectivity index is 0.00000144. The summed E-state index contributed by atoms with van der Waals surface area (Å²) < 4.78 is 25.1. The van der Waals surface area contributed by atoms with Gasteiger partial charge in [-0.15, -0.1) is 29.3 Å². The van der Waals surface area contributed by atoms with Gasteiger partial charge in [0.15, 0.2) is 0 Å². The van der Waals surface area contributed by atoms with Gasteiger partial charge in [0, 0.05) is 26.3 Å². The Hall–Kier alpha value is -1.12. The Bertz CT molecular complexity index is 452. The van der Waals surface area contributed by atoms with E-state index in [2.05, 4.69) is 11.1 Å². The molecule has 1 radical (unpaired) electrons. The summed E-state index contributed by atoms with van der Waals surface area (Å²) in [6.45, 7) is -1.25. The van der Waals surface area contributed by atoms with Crippen LogP contribution in [0.4, 0.5) is 8.78 Å². The molecule has 91 valence electrons. The first kappa shape index (κ1) is 13.9. The van der Waals surface area contributed by atoms with Crippen molar-refractivity contribution in [1.29, 1.82) is 0 Å². The molecular weight excluding hydrogens is 400 g/mol. The number of hydrogen-bond acceptors (Lipinski definition) is 1. The standard InChI is InChI=1S/C13H10F2N.Ir/c14-8-10-5-11(9-15)7-12(6-10)13-3-1-2-4-16-13;/h1-6H,8-9H2;/q-1;. The smallest absolute Gasteiger partial charge is 0.0979 e. The van der Waals surface area contributed by atoms with Gasteiger partial charge in [0.2, 0.25) is 0 Å². The van der Waals surface area contributed by atoms with Crippen LogP contribution in [0.15, 0.2) is 36.5 Å². The van der Waals surface area contributed by atoms with Crippen molar-refractivity contribution in [3.63, 3.8) is 0 Å². The van der Waals surface area contributed by atoms with Crippen LogP contribution in [-0.2, 0) is 33.5 Å². The molecule has 0 bridgehead atoms. The van der Waals surface area contributed by atoms with Gasteiger partial charge in [-0.1, -0.05) is 17.7 Å². The molecule has 2 aromatic rings. The molecule has 0 aliphatic carbocycles. The molecule has 4 heteroatoms. The van der Waals surface area contributed by atoms with Crippen molar-refractivity contribution in [1.82, 2.24) is 4.98 Å². The minimum absolute atomic E-state index is 0. The first-order valence-corrected chi connectivity index (χ1v) is 4.92. The van der Waals surface area contributed by atoms with Crippen molar-refractivity contribution in [2.24, 2.45) is 0 Å². The number of nitrogens with zero attached hydrogens (tertiary/aromatic N) is 1. The fourth-order valence-electron chi connectivity index (χ4n) is 1.51. The van der Waals surface area contributed by atoms with Crippen LogP contribution in [0, 0.1) is 6.07 Å². The molecule has 17 heavy (non-hydrogen) atoms. The summed E-state index contributed by atoms with van der Waals surface area (Å²) in [4.78, 5) is 4.12. The molecule has 0 aliphatic rings. The third kappa shape index (κ3) is 3.42. The SMILES string of the molecule is FCc1[c-]c(-c2ccccn2)cc(CF)c1.[Ir]. The molecule has 0 amide bonds. The van der Waals surface area contributed by atoms with E-state index in [1.165, 1.54) is 6.07 Å². The Morgan fingerprint density at radius 1 is 1.12 bits per heavy atom. The minimum Gasteiger partial charge on any atom is -0.305 e. The molecule has 0 unspecified atom stereocenters. The van der Waals surface area contributed by atoms with Gasteiger partial charge >= 0.3 is 0 Å². The maximum Gasteiger partial charge on any atom is 0.0979 e. The Kier molecular flexibility index (Phi) is 5.39. The minimum atomic E-state index is -0.645. The third-order valence-corrected chi connectivity index (χ3v) is 2.22. The van der Waals surface area contributed by atoms with Crippen molar-refractivity contribution in [2.75, 3.05) is 0 Å². The quantitative estimate of drug-likeness (QED) is 0.706. The van der Waals surface area contributed by atoms with Crippen molar-refractivity contribution in [3.8, 4) is 11.3 Å². The van der Waals surface area contributed by atoms with E-state index in [4.69, 9.17) is 0 Å². The van der Waals surface area contributed by atoms with Crippen LogP contribution in [0.25, 0.3) is 11.3 Å². The largest absolute Gasteiger partial charge is 0.305 e. The number of aromatic nitrogens is 1. The molecule has 1 aromatic heterocycles. The summed E-state index contributed by atoms with van der Waals surface area (Å²) in [5.74, 6) is 0. The molecule has 0 saturated carbocycles. The second-order valence-electron chi connectivity index (χ2n) is 3.41. The van der Waals surface area contributed by atoms with Crippen LogP contribution >= 0.6 is 0 Å². The molecule has 0 N–H and O–H groups in total. The van der Waals surface area contributed by atoms with Crippen LogP contribution < -0.4 is 0 Å². The van der Waals surface area contributed by atoms with Gasteiger partial charge in [-0.2, -0.15) is 0 Å². The normalized spacial score (nSPS) is 9.76. The van der Waals surface area contributed by atoms with Crippen LogP contribution in [0.3, 0.4) is 0 Å². The molecule has 0 atom stereocenters. The van der Waals surface area contributed by atoms with E-state index in [0.717, 1.165) is 0 Å². The van der Waals surface area contributed by atoms with Crippen LogP contribution in [0.1, 0.15) is 11.1 Å². The van der Waals surface area contributed by atoms with Gasteiger partial charge in [0.25, 0.3) is 0 Å². The first-order valence-electron chi connectivity index (χ1n) is 4.92. The number of benzene rings is 1. The maximum absolute atomic E-state index is 12.6. The van der Waals surface area contributed by atoms with E-state index in [0.29, 0.717) is 22.4 Å². The molecule has 0 fully saturated rings. The van der Waals surface area contributed by atoms with Crippen molar-refractivity contribution >= 4 is 0 Å². The average Bonchev–Trinajstić information content (AvgIpc) is 2.39.